The summed E-state index contributed by atoms with van der Waals surface area (Å²) < 4.78 is 10.1. The lowest BCUT2D eigenvalue weighted by Gasteiger charge is -2.05. The van der Waals surface area contributed by atoms with Gasteiger partial charge in [0.15, 0.2) is 0 Å². The van der Waals surface area contributed by atoms with Crippen LogP contribution in [-0.2, 0) is 0 Å². The van der Waals surface area contributed by atoms with E-state index < -0.39 is 6.16 Å². The van der Waals surface area contributed by atoms with Crippen molar-refractivity contribution in [2.45, 2.75) is 27.7 Å². The Kier molecular flexibility index (Phi) is 6.30. The number of hydrogen-bond acceptors (Lipinski definition) is 3. The summed E-state index contributed by atoms with van der Waals surface area (Å²) in [7, 11) is 0. The maximum Gasteiger partial charge on any atom is 0.519 e. The number of ether oxygens (including phenoxy) is 2. The van der Waals surface area contributed by atoms with Gasteiger partial charge < -0.3 is 9.47 Å². The van der Waals surface area contributed by atoms with Gasteiger partial charge in [0.1, 0.15) is 11.5 Å². The third kappa shape index (κ3) is 5.14. The summed E-state index contributed by atoms with van der Waals surface area (Å²) in [6.45, 7) is 7.93. The Hall–Kier alpha value is -2.29. The van der Waals surface area contributed by atoms with Crippen molar-refractivity contribution in [1.29, 1.82) is 0 Å². The van der Waals surface area contributed by atoms with E-state index in [0.29, 0.717) is 11.5 Å². The number of aryl methyl sites for hydroxylation is 2. The molecule has 0 heterocycles. The number of rotatable bonds is 2. The molecule has 2 rings (SSSR count). The molecule has 0 amide bonds. The Morgan fingerprint density at radius 1 is 0.700 bits per heavy atom. The fourth-order valence-corrected chi connectivity index (χ4v) is 1.43. The van der Waals surface area contributed by atoms with E-state index in [9.17, 15) is 4.79 Å². The Morgan fingerprint density at radius 3 is 1.30 bits per heavy atom. The zero-order valence-corrected chi connectivity index (χ0v) is 12.3. The van der Waals surface area contributed by atoms with Gasteiger partial charge in [-0.2, -0.15) is 0 Å². The molecule has 0 saturated carbocycles. The molecule has 0 unspecified atom stereocenters. The lowest BCUT2D eigenvalue weighted by atomic mass is 10.2. The quantitative estimate of drug-likeness (QED) is 0.575. The molecule has 0 radical (unpaired) electrons. The van der Waals surface area contributed by atoms with Gasteiger partial charge in [-0.25, -0.2) is 4.79 Å². The molecule has 3 heteroatoms. The van der Waals surface area contributed by atoms with Crippen LogP contribution in [0.3, 0.4) is 0 Å². The van der Waals surface area contributed by atoms with Crippen LogP contribution in [0, 0.1) is 13.8 Å². The van der Waals surface area contributed by atoms with Crippen LogP contribution < -0.4 is 9.47 Å². The zero-order valence-electron chi connectivity index (χ0n) is 12.3. The molecule has 106 valence electrons. The Morgan fingerprint density at radius 2 is 1.00 bits per heavy atom. The third-order valence-corrected chi connectivity index (χ3v) is 2.44. The first kappa shape index (κ1) is 15.8. The molecule has 0 aromatic heterocycles. The van der Waals surface area contributed by atoms with E-state index in [4.69, 9.17) is 9.47 Å². The molecule has 0 aliphatic rings. The first-order valence-corrected chi connectivity index (χ1v) is 6.66. The van der Waals surface area contributed by atoms with Crippen LogP contribution in [0.5, 0.6) is 11.5 Å². The first-order chi connectivity index (χ1) is 9.63. The normalized spacial score (nSPS) is 9.20. The monoisotopic (exact) mass is 272 g/mol. The molecule has 0 saturated heterocycles. The second-order valence-electron chi connectivity index (χ2n) is 4.08. The van der Waals surface area contributed by atoms with Gasteiger partial charge in [0, 0.05) is 0 Å². The van der Waals surface area contributed by atoms with E-state index >= 15 is 0 Å². The molecule has 0 spiro atoms. The van der Waals surface area contributed by atoms with Gasteiger partial charge in [-0.1, -0.05) is 49.2 Å². The topological polar surface area (TPSA) is 35.5 Å². The summed E-state index contributed by atoms with van der Waals surface area (Å²) in [6.07, 6.45) is -0.734. The van der Waals surface area contributed by atoms with Crippen molar-refractivity contribution in [3.8, 4) is 11.5 Å². The number of benzene rings is 2. The molecular formula is C17H20O3. The fourth-order valence-electron chi connectivity index (χ4n) is 1.43. The molecule has 3 nitrogen and oxygen atoms in total. The molecule has 0 aliphatic heterocycles. The van der Waals surface area contributed by atoms with E-state index in [2.05, 4.69) is 0 Å². The smallest absolute Gasteiger partial charge is 0.395 e. The zero-order chi connectivity index (χ0) is 15.0. The first-order valence-electron chi connectivity index (χ1n) is 6.66. The van der Waals surface area contributed by atoms with Gasteiger partial charge in [0.25, 0.3) is 0 Å². The van der Waals surface area contributed by atoms with Crippen molar-refractivity contribution in [1.82, 2.24) is 0 Å². The van der Waals surface area contributed by atoms with Crippen molar-refractivity contribution in [2.75, 3.05) is 0 Å². The molecule has 2 aromatic carbocycles. The molecule has 0 aliphatic carbocycles. The average molecular weight is 272 g/mol. The highest BCUT2D eigenvalue weighted by Crippen LogP contribution is 2.15. The Labute approximate surface area is 120 Å². The van der Waals surface area contributed by atoms with Gasteiger partial charge in [0.05, 0.1) is 0 Å². The van der Waals surface area contributed by atoms with E-state index in [1.54, 1.807) is 24.3 Å². The minimum absolute atomic E-state index is 0.470. The van der Waals surface area contributed by atoms with Crippen LogP contribution in [0.1, 0.15) is 25.0 Å². The summed E-state index contributed by atoms with van der Waals surface area (Å²) in [6, 6.07) is 14.4. The molecule has 0 fully saturated rings. The lowest BCUT2D eigenvalue weighted by Crippen LogP contribution is -2.13. The van der Waals surface area contributed by atoms with Crippen LogP contribution in [-0.4, -0.2) is 6.16 Å². The molecule has 20 heavy (non-hydrogen) atoms. The third-order valence-electron chi connectivity index (χ3n) is 2.44. The number of carbonyl (C=O) groups excluding carboxylic acids is 1. The SMILES string of the molecule is CC.Cc1ccc(OC(=O)Oc2ccc(C)cc2)cc1. The molecule has 0 atom stereocenters. The predicted molar refractivity (Wildman–Crippen MR) is 80.4 cm³/mol. The number of carbonyl (C=O) groups is 1. The van der Waals surface area contributed by atoms with Gasteiger partial charge in [-0.15, -0.1) is 0 Å². The highest BCUT2D eigenvalue weighted by atomic mass is 16.7. The van der Waals surface area contributed by atoms with E-state index in [0.717, 1.165) is 11.1 Å². The summed E-state index contributed by atoms with van der Waals surface area (Å²) in [5.74, 6) is 0.940. The maximum absolute atomic E-state index is 11.5. The molecule has 0 N–H and O–H groups in total. The van der Waals surface area contributed by atoms with E-state index in [1.165, 1.54) is 0 Å². The van der Waals surface area contributed by atoms with E-state index in [-0.39, 0.29) is 0 Å². The molecular weight excluding hydrogens is 252 g/mol. The minimum atomic E-state index is -0.734. The summed E-state index contributed by atoms with van der Waals surface area (Å²) in [4.78, 5) is 11.5. The summed E-state index contributed by atoms with van der Waals surface area (Å²) >= 11 is 0. The Bertz CT molecular complexity index is 478. The summed E-state index contributed by atoms with van der Waals surface area (Å²) in [5, 5.41) is 0. The van der Waals surface area contributed by atoms with Crippen molar-refractivity contribution < 1.29 is 14.3 Å². The number of hydrogen-bond donors (Lipinski definition) is 0. The fraction of sp³-hybridized carbons (Fsp3) is 0.235. The highest BCUT2D eigenvalue weighted by Gasteiger charge is 2.07. The van der Waals surface area contributed by atoms with E-state index in [1.807, 2.05) is 52.0 Å². The van der Waals surface area contributed by atoms with Crippen molar-refractivity contribution in [2.24, 2.45) is 0 Å². The lowest BCUT2D eigenvalue weighted by molar-refractivity contribution is 0.152. The molecule has 2 aromatic rings. The van der Waals surface area contributed by atoms with Gasteiger partial charge >= 0.3 is 6.16 Å². The van der Waals surface area contributed by atoms with Crippen LogP contribution in [0.25, 0.3) is 0 Å². The van der Waals surface area contributed by atoms with Crippen LogP contribution >= 0.6 is 0 Å². The van der Waals surface area contributed by atoms with Crippen molar-refractivity contribution in [3.63, 3.8) is 0 Å². The predicted octanol–water partition coefficient (Wildman–Crippen LogP) is 4.91. The highest BCUT2D eigenvalue weighted by molar-refractivity contribution is 5.67. The Balaban J connectivity index is 0.000000956. The van der Waals surface area contributed by atoms with Crippen LogP contribution in [0.4, 0.5) is 4.79 Å². The molecule has 0 bridgehead atoms. The minimum Gasteiger partial charge on any atom is -0.395 e. The van der Waals surface area contributed by atoms with Crippen molar-refractivity contribution in [3.05, 3.63) is 59.7 Å². The van der Waals surface area contributed by atoms with Gasteiger partial charge in [-0.05, 0) is 38.1 Å². The van der Waals surface area contributed by atoms with Gasteiger partial charge in [-0.3, -0.25) is 0 Å². The average Bonchev–Trinajstić information content (AvgIpc) is 2.46. The standard InChI is InChI=1S/C15H14O3.C2H6/c1-11-3-7-13(8-4-11)17-15(16)18-14-9-5-12(2)6-10-14;1-2/h3-10H,1-2H3;1-2H3. The van der Waals surface area contributed by atoms with Gasteiger partial charge in [0.2, 0.25) is 0 Å². The van der Waals surface area contributed by atoms with Crippen molar-refractivity contribution >= 4 is 6.16 Å². The van der Waals surface area contributed by atoms with Crippen LogP contribution in [0.15, 0.2) is 48.5 Å². The second-order valence-corrected chi connectivity index (χ2v) is 4.08. The van der Waals surface area contributed by atoms with Crippen LogP contribution in [0.2, 0.25) is 0 Å². The second kappa shape index (κ2) is 8.00. The largest absolute Gasteiger partial charge is 0.519 e. The maximum atomic E-state index is 11.5. The summed E-state index contributed by atoms with van der Waals surface area (Å²) in [5.41, 5.74) is 2.21.